The molecule has 0 heterocycles. The zero-order valence-electron chi connectivity index (χ0n) is 14.8. The summed E-state index contributed by atoms with van der Waals surface area (Å²) >= 11 is 0. The van der Waals surface area contributed by atoms with E-state index in [-0.39, 0.29) is 11.3 Å². The van der Waals surface area contributed by atoms with Crippen molar-refractivity contribution in [1.29, 1.82) is 0 Å². The van der Waals surface area contributed by atoms with Crippen molar-refractivity contribution in [2.45, 2.75) is 6.92 Å². The molecular weight excluding hydrogens is 342 g/mol. The van der Waals surface area contributed by atoms with E-state index in [1.165, 1.54) is 6.07 Å². The lowest BCUT2D eigenvalue weighted by Crippen LogP contribution is -2.21. The second-order valence-electron chi connectivity index (χ2n) is 6.01. The van der Waals surface area contributed by atoms with E-state index in [2.05, 4.69) is 5.32 Å². The van der Waals surface area contributed by atoms with Crippen LogP contribution < -0.4 is 5.32 Å². The molecule has 1 amide bonds. The highest BCUT2D eigenvalue weighted by molar-refractivity contribution is 5.99. The number of rotatable bonds is 5. The van der Waals surface area contributed by atoms with Crippen LogP contribution in [-0.4, -0.2) is 23.6 Å². The number of benzene rings is 3. The lowest BCUT2D eigenvalue weighted by atomic mass is 10.0. The van der Waals surface area contributed by atoms with Crippen LogP contribution in [0.25, 0.3) is 11.1 Å². The molecule has 136 valence electrons. The maximum Gasteiger partial charge on any atom is 0.342 e. The first-order chi connectivity index (χ1) is 13.1. The van der Waals surface area contributed by atoms with Gasteiger partial charge in [0.05, 0.1) is 0 Å². The average Bonchev–Trinajstić information content (AvgIpc) is 2.69. The van der Waals surface area contributed by atoms with Gasteiger partial charge in [-0.1, -0.05) is 60.7 Å². The van der Waals surface area contributed by atoms with Crippen molar-refractivity contribution in [3.05, 3.63) is 83.9 Å². The van der Waals surface area contributed by atoms with Gasteiger partial charge in [-0.3, -0.25) is 4.79 Å². The predicted molar refractivity (Wildman–Crippen MR) is 104 cm³/mol. The monoisotopic (exact) mass is 361 g/mol. The molecule has 3 aromatic carbocycles. The Balaban J connectivity index is 1.67. The first-order valence-corrected chi connectivity index (χ1v) is 8.46. The van der Waals surface area contributed by atoms with Crippen LogP contribution in [0.4, 0.5) is 5.69 Å². The number of phenolic OH excluding ortho intramolecular Hbond substituents is 1. The number of aryl methyl sites for hydroxylation is 1. The highest BCUT2D eigenvalue weighted by Gasteiger charge is 2.16. The van der Waals surface area contributed by atoms with Crippen LogP contribution in [0.15, 0.2) is 72.8 Å². The van der Waals surface area contributed by atoms with Crippen molar-refractivity contribution in [1.82, 2.24) is 0 Å². The Morgan fingerprint density at radius 1 is 0.926 bits per heavy atom. The molecule has 0 fully saturated rings. The number of amides is 1. The van der Waals surface area contributed by atoms with E-state index in [9.17, 15) is 14.7 Å². The minimum absolute atomic E-state index is 0.0347. The van der Waals surface area contributed by atoms with Crippen molar-refractivity contribution in [3.63, 3.8) is 0 Å². The third-order valence-electron chi connectivity index (χ3n) is 4.08. The van der Waals surface area contributed by atoms with E-state index in [1.807, 2.05) is 48.5 Å². The van der Waals surface area contributed by atoms with Gasteiger partial charge in [-0.25, -0.2) is 4.79 Å². The number of aromatic hydroxyl groups is 1. The molecule has 3 rings (SSSR count). The summed E-state index contributed by atoms with van der Waals surface area (Å²) in [4.78, 5) is 24.3. The van der Waals surface area contributed by atoms with Crippen molar-refractivity contribution >= 4 is 17.6 Å². The Labute approximate surface area is 157 Å². The minimum atomic E-state index is -0.748. The van der Waals surface area contributed by atoms with Crippen LogP contribution >= 0.6 is 0 Å². The second kappa shape index (κ2) is 8.19. The third kappa shape index (κ3) is 4.33. The van der Waals surface area contributed by atoms with Crippen molar-refractivity contribution in [2.75, 3.05) is 11.9 Å². The van der Waals surface area contributed by atoms with Gasteiger partial charge in [-0.05, 0) is 30.2 Å². The summed E-state index contributed by atoms with van der Waals surface area (Å²) in [7, 11) is 0. The fourth-order valence-electron chi connectivity index (χ4n) is 2.68. The molecule has 0 spiro atoms. The lowest BCUT2D eigenvalue weighted by Gasteiger charge is -2.12. The largest absolute Gasteiger partial charge is 0.507 e. The average molecular weight is 361 g/mol. The number of phenols is 1. The Hall–Kier alpha value is -3.60. The first kappa shape index (κ1) is 18.2. The van der Waals surface area contributed by atoms with Gasteiger partial charge >= 0.3 is 5.97 Å². The molecule has 5 nitrogen and oxygen atoms in total. The molecular formula is C22H19NO4. The predicted octanol–water partition coefficient (Wildman–Crippen LogP) is 4.16. The van der Waals surface area contributed by atoms with Gasteiger partial charge in [0.15, 0.2) is 6.61 Å². The normalized spacial score (nSPS) is 10.3. The van der Waals surface area contributed by atoms with Crippen LogP contribution in [0, 0.1) is 6.92 Å². The van der Waals surface area contributed by atoms with Crippen LogP contribution in [0.2, 0.25) is 0 Å². The number of ether oxygens (including phenoxy) is 1. The topological polar surface area (TPSA) is 75.6 Å². The highest BCUT2D eigenvalue weighted by atomic mass is 16.5. The smallest absolute Gasteiger partial charge is 0.342 e. The molecule has 0 aliphatic rings. The van der Waals surface area contributed by atoms with Gasteiger partial charge < -0.3 is 15.2 Å². The summed E-state index contributed by atoms with van der Waals surface area (Å²) in [6, 6.07) is 21.8. The van der Waals surface area contributed by atoms with Gasteiger partial charge in [-0.2, -0.15) is 0 Å². The van der Waals surface area contributed by atoms with Gasteiger partial charge in [0.1, 0.15) is 11.3 Å². The van der Waals surface area contributed by atoms with Crippen molar-refractivity contribution in [2.24, 2.45) is 0 Å². The first-order valence-electron chi connectivity index (χ1n) is 8.46. The molecule has 0 saturated carbocycles. The second-order valence-corrected chi connectivity index (χ2v) is 6.01. The highest BCUT2D eigenvalue weighted by Crippen LogP contribution is 2.27. The van der Waals surface area contributed by atoms with Gasteiger partial charge in [-0.15, -0.1) is 0 Å². The molecule has 0 bridgehead atoms. The van der Waals surface area contributed by atoms with E-state index in [1.54, 1.807) is 25.1 Å². The minimum Gasteiger partial charge on any atom is -0.507 e. The van der Waals surface area contributed by atoms with Crippen LogP contribution in [0.3, 0.4) is 0 Å². The maximum absolute atomic E-state index is 12.2. The molecule has 0 aliphatic carbocycles. The van der Waals surface area contributed by atoms with Crippen molar-refractivity contribution < 1.29 is 19.4 Å². The summed E-state index contributed by atoms with van der Waals surface area (Å²) in [5.74, 6) is -1.35. The molecule has 2 N–H and O–H groups in total. The molecule has 5 heteroatoms. The molecule has 3 aromatic rings. The Morgan fingerprint density at radius 3 is 2.41 bits per heavy atom. The molecule has 0 atom stereocenters. The quantitative estimate of drug-likeness (QED) is 0.669. The zero-order valence-corrected chi connectivity index (χ0v) is 14.8. The Morgan fingerprint density at radius 2 is 1.63 bits per heavy atom. The SMILES string of the molecule is Cc1cccc(C(=O)OCC(=O)Nc2ccccc2-c2ccccc2)c1O. The number of carbonyl (C=O) groups excluding carboxylic acids is 2. The number of esters is 1. The molecule has 27 heavy (non-hydrogen) atoms. The summed E-state index contributed by atoms with van der Waals surface area (Å²) in [5.41, 5.74) is 3.06. The molecule has 0 radical (unpaired) electrons. The van der Waals surface area contributed by atoms with Crippen molar-refractivity contribution in [3.8, 4) is 16.9 Å². The number of carbonyl (C=O) groups is 2. The van der Waals surface area contributed by atoms with E-state index in [0.717, 1.165) is 11.1 Å². The van der Waals surface area contributed by atoms with Crippen LogP contribution in [0.5, 0.6) is 5.75 Å². The van der Waals surface area contributed by atoms with Gasteiger partial charge in [0, 0.05) is 11.3 Å². The molecule has 0 aromatic heterocycles. The number of para-hydroxylation sites is 2. The molecule has 0 unspecified atom stereocenters. The van der Waals surface area contributed by atoms with E-state index in [4.69, 9.17) is 4.74 Å². The van der Waals surface area contributed by atoms with E-state index in [0.29, 0.717) is 11.3 Å². The third-order valence-corrected chi connectivity index (χ3v) is 4.08. The number of nitrogens with one attached hydrogen (secondary N) is 1. The number of hydrogen-bond donors (Lipinski definition) is 2. The van der Waals surface area contributed by atoms with E-state index < -0.39 is 18.5 Å². The maximum atomic E-state index is 12.2. The molecule has 0 saturated heterocycles. The molecule has 0 aliphatic heterocycles. The zero-order chi connectivity index (χ0) is 19.2. The number of anilines is 1. The standard InChI is InChI=1S/C22H19NO4/c1-15-8-7-12-18(21(15)25)22(26)27-14-20(24)23-19-13-6-5-11-17(19)16-9-3-2-4-10-16/h2-13,25H,14H2,1H3,(H,23,24). The summed E-state index contributed by atoms with van der Waals surface area (Å²) in [5, 5.41) is 12.7. The fourth-order valence-corrected chi connectivity index (χ4v) is 2.68. The van der Waals surface area contributed by atoms with Gasteiger partial charge in [0.2, 0.25) is 0 Å². The Kier molecular flexibility index (Phi) is 5.52. The van der Waals surface area contributed by atoms with Crippen LogP contribution in [-0.2, 0) is 9.53 Å². The lowest BCUT2D eigenvalue weighted by molar-refractivity contribution is -0.119. The fraction of sp³-hybridized carbons (Fsp3) is 0.0909. The number of hydrogen-bond acceptors (Lipinski definition) is 4. The van der Waals surface area contributed by atoms with Crippen LogP contribution in [0.1, 0.15) is 15.9 Å². The summed E-state index contributed by atoms with van der Waals surface area (Å²) in [6.45, 7) is 1.23. The summed E-state index contributed by atoms with van der Waals surface area (Å²) in [6.07, 6.45) is 0. The Bertz CT molecular complexity index is 967. The summed E-state index contributed by atoms with van der Waals surface area (Å²) < 4.78 is 5.03. The van der Waals surface area contributed by atoms with Gasteiger partial charge in [0.25, 0.3) is 5.91 Å². The van der Waals surface area contributed by atoms with E-state index >= 15 is 0 Å².